The van der Waals surface area contributed by atoms with Gasteiger partial charge in [0.05, 0.1) is 5.57 Å². The fourth-order valence-electron chi connectivity index (χ4n) is 1.54. The Morgan fingerprint density at radius 2 is 1.87 bits per heavy atom. The topological polar surface area (TPSA) is 37.3 Å². The lowest BCUT2D eigenvalue weighted by Gasteiger charge is -2.07. The first-order valence-corrected chi connectivity index (χ1v) is 4.67. The minimum atomic E-state index is -0.901. The van der Waals surface area contributed by atoms with Gasteiger partial charge in [-0.1, -0.05) is 48.6 Å². The average Bonchev–Trinajstić information content (AvgIpc) is 2.18. The molecule has 0 amide bonds. The average molecular weight is 198 g/mol. The van der Waals surface area contributed by atoms with Gasteiger partial charge in [-0.2, -0.15) is 0 Å². The summed E-state index contributed by atoms with van der Waals surface area (Å²) in [7, 11) is 0. The van der Waals surface area contributed by atoms with Crippen LogP contribution in [0.4, 0.5) is 0 Å². The van der Waals surface area contributed by atoms with Crippen LogP contribution in [0.15, 0.2) is 48.6 Å². The molecule has 15 heavy (non-hydrogen) atoms. The van der Waals surface area contributed by atoms with Gasteiger partial charge in [0.25, 0.3) is 0 Å². The van der Waals surface area contributed by atoms with E-state index in [-0.39, 0.29) is 0 Å². The summed E-state index contributed by atoms with van der Waals surface area (Å²) in [5.41, 5.74) is 2.01. The molecule has 0 bridgehead atoms. The molecule has 0 aromatic heterocycles. The van der Waals surface area contributed by atoms with Crippen molar-refractivity contribution < 1.29 is 9.90 Å². The highest BCUT2D eigenvalue weighted by atomic mass is 16.4. The van der Waals surface area contributed by atoms with E-state index in [0.717, 1.165) is 11.1 Å². The number of allylic oxidation sites excluding steroid dienone is 4. The summed E-state index contributed by atoms with van der Waals surface area (Å²) < 4.78 is 0. The van der Waals surface area contributed by atoms with E-state index in [4.69, 9.17) is 5.11 Å². The molecule has 0 radical (unpaired) electrons. The molecule has 1 aliphatic carbocycles. The van der Waals surface area contributed by atoms with Crippen molar-refractivity contribution >= 4 is 17.6 Å². The fraction of sp³-hybridized carbons (Fsp3) is 0. The van der Waals surface area contributed by atoms with Crippen molar-refractivity contribution in [2.75, 3.05) is 0 Å². The van der Waals surface area contributed by atoms with E-state index in [1.54, 1.807) is 12.2 Å². The Labute approximate surface area is 87.9 Å². The third-order valence-corrected chi connectivity index (χ3v) is 2.24. The Morgan fingerprint density at radius 3 is 2.67 bits per heavy atom. The van der Waals surface area contributed by atoms with Crippen LogP contribution in [0.25, 0.3) is 11.6 Å². The Balaban J connectivity index is 2.63. The smallest absolute Gasteiger partial charge is 0.336 e. The van der Waals surface area contributed by atoms with Crippen LogP contribution >= 0.6 is 0 Å². The maximum Gasteiger partial charge on any atom is 0.336 e. The van der Waals surface area contributed by atoms with Gasteiger partial charge in [-0.3, -0.25) is 0 Å². The van der Waals surface area contributed by atoms with Gasteiger partial charge in [0.1, 0.15) is 0 Å². The van der Waals surface area contributed by atoms with E-state index in [2.05, 4.69) is 0 Å². The zero-order chi connectivity index (χ0) is 10.7. The van der Waals surface area contributed by atoms with Gasteiger partial charge in [0, 0.05) is 0 Å². The van der Waals surface area contributed by atoms with Gasteiger partial charge in [-0.05, 0) is 17.2 Å². The summed E-state index contributed by atoms with van der Waals surface area (Å²) >= 11 is 0. The number of carbonyl (C=O) groups is 1. The molecule has 0 atom stereocenters. The molecule has 74 valence electrons. The van der Waals surface area contributed by atoms with E-state index < -0.39 is 5.97 Å². The fourth-order valence-corrected chi connectivity index (χ4v) is 1.54. The second-order valence-corrected chi connectivity index (χ2v) is 3.22. The number of aliphatic carboxylic acids is 1. The van der Waals surface area contributed by atoms with Crippen LogP contribution < -0.4 is 0 Å². The first kappa shape index (κ1) is 9.46. The van der Waals surface area contributed by atoms with E-state index in [1.807, 2.05) is 42.5 Å². The zero-order valence-corrected chi connectivity index (χ0v) is 8.05. The molecule has 0 fully saturated rings. The molecular formula is C13H10O2. The first-order valence-electron chi connectivity index (χ1n) is 4.67. The maximum absolute atomic E-state index is 11.1. The number of carboxylic acids is 1. The highest BCUT2D eigenvalue weighted by Crippen LogP contribution is 2.22. The third-order valence-electron chi connectivity index (χ3n) is 2.24. The Hall–Kier alpha value is -2.09. The van der Waals surface area contributed by atoms with Crippen LogP contribution in [-0.4, -0.2) is 11.1 Å². The summed E-state index contributed by atoms with van der Waals surface area (Å²) in [5.74, 6) is -0.901. The summed E-state index contributed by atoms with van der Waals surface area (Å²) in [6, 6.07) is 7.46. The van der Waals surface area contributed by atoms with E-state index in [1.165, 1.54) is 0 Å². The van der Waals surface area contributed by atoms with Crippen molar-refractivity contribution in [3.8, 4) is 0 Å². The summed E-state index contributed by atoms with van der Waals surface area (Å²) in [5, 5.41) is 9.08. The number of benzene rings is 1. The van der Waals surface area contributed by atoms with Crippen LogP contribution in [0.1, 0.15) is 11.1 Å². The molecule has 0 saturated carbocycles. The lowest BCUT2D eigenvalue weighted by atomic mass is 9.98. The first-order chi connectivity index (χ1) is 7.29. The molecule has 1 aliphatic rings. The Bertz CT molecular complexity index is 479. The van der Waals surface area contributed by atoms with Crippen LogP contribution in [0.3, 0.4) is 0 Å². The molecule has 0 unspecified atom stereocenters. The van der Waals surface area contributed by atoms with Crippen LogP contribution in [0.2, 0.25) is 0 Å². The lowest BCUT2D eigenvalue weighted by molar-refractivity contribution is -0.130. The van der Waals surface area contributed by atoms with Crippen molar-refractivity contribution in [3.63, 3.8) is 0 Å². The van der Waals surface area contributed by atoms with Crippen LogP contribution in [0.5, 0.6) is 0 Å². The number of hydrogen-bond acceptors (Lipinski definition) is 1. The van der Waals surface area contributed by atoms with Gasteiger partial charge in [0.15, 0.2) is 0 Å². The van der Waals surface area contributed by atoms with Gasteiger partial charge in [-0.25, -0.2) is 4.79 Å². The molecule has 0 saturated heterocycles. The summed E-state index contributed by atoms with van der Waals surface area (Å²) in [6.07, 6.45) is 8.97. The second kappa shape index (κ2) is 3.96. The normalized spacial score (nSPS) is 21.5. The summed E-state index contributed by atoms with van der Waals surface area (Å²) in [4.78, 5) is 11.1. The van der Waals surface area contributed by atoms with Crippen molar-refractivity contribution in [3.05, 3.63) is 59.7 Å². The molecule has 1 aromatic carbocycles. The van der Waals surface area contributed by atoms with Crippen LogP contribution in [0, 0.1) is 0 Å². The number of rotatable bonds is 1. The molecule has 1 aromatic rings. The second-order valence-electron chi connectivity index (χ2n) is 3.22. The predicted molar refractivity (Wildman–Crippen MR) is 60.2 cm³/mol. The molecule has 2 rings (SSSR count). The van der Waals surface area contributed by atoms with Crippen LogP contribution in [-0.2, 0) is 4.79 Å². The Kier molecular flexibility index (Phi) is 2.50. The largest absolute Gasteiger partial charge is 0.478 e. The molecular weight excluding hydrogens is 188 g/mol. The van der Waals surface area contributed by atoms with Gasteiger partial charge in [-0.15, -0.1) is 0 Å². The van der Waals surface area contributed by atoms with E-state index in [9.17, 15) is 4.79 Å². The Morgan fingerprint density at radius 1 is 1.07 bits per heavy atom. The van der Waals surface area contributed by atoms with Crippen molar-refractivity contribution in [1.29, 1.82) is 0 Å². The minimum absolute atomic E-state index is 0.325. The molecule has 1 N–H and O–H groups in total. The van der Waals surface area contributed by atoms with Gasteiger partial charge < -0.3 is 5.11 Å². The monoisotopic (exact) mass is 198 g/mol. The predicted octanol–water partition coefficient (Wildman–Crippen LogP) is 2.74. The number of fused-ring (bicyclic) bond motifs is 1. The molecule has 0 aliphatic heterocycles. The quantitative estimate of drug-likeness (QED) is 0.753. The standard InChI is InChI=1S/C13H10O2/c14-13(15)12-9-3-1-2-6-10-7-4-5-8-11(10)12/h1-9H,(H,14,15)/b2-1?,3-1-,6-2-,9-3?,10-6?,12-9+,12-11?. The number of carboxylic acid groups (broad SMARTS) is 1. The highest BCUT2D eigenvalue weighted by Gasteiger charge is 2.12. The lowest BCUT2D eigenvalue weighted by Crippen LogP contribution is -2.01. The molecule has 0 heterocycles. The SMILES string of the molecule is O=C(O)/C1=C/C=C\C=C/c2ccccc21. The molecule has 0 spiro atoms. The minimum Gasteiger partial charge on any atom is -0.478 e. The maximum atomic E-state index is 11.1. The third kappa shape index (κ3) is 1.89. The van der Waals surface area contributed by atoms with Crippen molar-refractivity contribution in [2.24, 2.45) is 0 Å². The van der Waals surface area contributed by atoms with E-state index >= 15 is 0 Å². The van der Waals surface area contributed by atoms with Crippen molar-refractivity contribution in [2.45, 2.75) is 0 Å². The highest BCUT2D eigenvalue weighted by molar-refractivity contribution is 6.16. The van der Waals surface area contributed by atoms with Gasteiger partial charge in [0.2, 0.25) is 0 Å². The number of hydrogen-bond donors (Lipinski definition) is 1. The van der Waals surface area contributed by atoms with Crippen molar-refractivity contribution in [1.82, 2.24) is 0 Å². The zero-order valence-electron chi connectivity index (χ0n) is 8.05. The van der Waals surface area contributed by atoms with E-state index in [0.29, 0.717) is 5.57 Å². The molecule has 2 heteroatoms. The summed E-state index contributed by atoms with van der Waals surface area (Å²) in [6.45, 7) is 0. The van der Waals surface area contributed by atoms with Gasteiger partial charge >= 0.3 is 5.97 Å². The molecule has 2 nitrogen and oxygen atoms in total.